The van der Waals surface area contributed by atoms with E-state index >= 15 is 0 Å². The third-order valence-corrected chi connectivity index (χ3v) is 4.02. The molecule has 0 aromatic heterocycles. The van der Waals surface area contributed by atoms with E-state index in [9.17, 15) is 9.90 Å². The Morgan fingerprint density at radius 2 is 1.90 bits per heavy atom. The number of ether oxygens (including phenoxy) is 1. The Hall–Kier alpha value is -0.770. The van der Waals surface area contributed by atoms with Crippen LogP contribution in [0.2, 0.25) is 0 Å². The number of carbonyl (C=O) groups is 1. The molecule has 1 saturated carbocycles. The predicted molar refractivity (Wildman–Crippen MR) is 80.7 cm³/mol. The van der Waals surface area contributed by atoms with Crippen LogP contribution in [-0.2, 0) is 4.74 Å². The third kappa shape index (κ3) is 6.12. The maximum atomic E-state index is 12.0. The molecule has 1 rings (SSSR count). The van der Waals surface area contributed by atoms with Crippen LogP contribution < -0.4 is 0 Å². The van der Waals surface area contributed by atoms with Crippen molar-refractivity contribution < 1.29 is 14.6 Å². The SMILES string of the molecule is CCN(CCC1CCC(C)(O)CC1)C(=O)OC(C)(C)C. The molecule has 0 heterocycles. The summed E-state index contributed by atoms with van der Waals surface area (Å²) >= 11 is 0. The van der Waals surface area contributed by atoms with Crippen LogP contribution in [0.15, 0.2) is 0 Å². The van der Waals surface area contributed by atoms with Gasteiger partial charge in [0.2, 0.25) is 0 Å². The highest BCUT2D eigenvalue weighted by atomic mass is 16.6. The molecule has 0 aliphatic heterocycles. The summed E-state index contributed by atoms with van der Waals surface area (Å²) in [6.07, 6.45) is 4.63. The molecule has 0 aromatic rings. The molecule has 1 amide bonds. The Bertz CT molecular complexity index is 310. The highest BCUT2D eigenvalue weighted by molar-refractivity contribution is 5.68. The second-order valence-electron chi connectivity index (χ2n) is 7.29. The molecule has 1 N–H and O–H groups in total. The summed E-state index contributed by atoms with van der Waals surface area (Å²) < 4.78 is 5.41. The Morgan fingerprint density at radius 1 is 1.35 bits per heavy atom. The Labute approximate surface area is 123 Å². The monoisotopic (exact) mass is 285 g/mol. The summed E-state index contributed by atoms with van der Waals surface area (Å²) in [5.41, 5.74) is -0.917. The molecule has 0 bridgehead atoms. The molecule has 118 valence electrons. The summed E-state index contributed by atoms with van der Waals surface area (Å²) in [5.74, 6) is 0.617. The first-order chi connectivity index (χ1) is 9.13. The van der Waals surface area contributed by atoms with Crippen LogP contribution >= 0.6 is 0 Å². The molecule has 0 spiro atoms. The van der Waals surface area contributed by atoms with Gasteiger partial charge in [0.25, 0.3) is 0 Å². The lowest BCUT2D eigenvalue weighted by Crippen LogP contribution is -2.38. The first-order valence-electron chi connectivity index (χ1n) is 7.83. The minimum absolute atomic E-state index is 0.220. The highest BCUT2D eigenvalue weighted by Gasteiger charge is 2.29. The number of carbonyl (C=O) groups excluding carboxylic acids is 1. The number of nitrogens with zero attached hydrogens (tertiary/aromatic N) is 1. The summed E-state index contributed by atoms with van der Waals surface area (Å²) in [5, 5.41) is 9.95. The Kier molecular flexibility index (Phi) is 5.87. The lowest BCUT2D eigenvalue weighted by Gasteiger charge is -2.34. The van der Waals surface area contributed by atoms with Gasteiger partial charge >= 0.3 is 6.09 Å². The highest BCUT2D eigenvalue weighted by Crippen LogP contribution is 2.33. The number of amides is 1. The summed E-state index contributed by atoms with van der Waals surface area (Å²) in [6, 6.07) is 0. The van der Waals surface area contributed by atoms with E-state index in [2.05, 4.69) is 0 Å². The largest absolute Gasteiger partial charge is 0.444 e. The van der Waals surface area contributed by atoms with Gasteiger partial charge in [0.05, 0.1) is 5.60 Å². The first kappa shape index (κ1) is 17.3. The lowest BCUT2D eigenvalue weighted by molar-refractivity contribution is 0.00288. The normalized spacial score (nSPS) is 27.2. The van der Waals surface area contributed by atoms with Gasteiger partial charge in [0.1, 0.15) is 5.60 Å². The Morgan fingerprint density at radius 3 is 2.35 bits per heavy atom. The van der Waals surface area contributed by atoms with E-state index in [1.807, 2.05) is 34.6 Å². The van der Waals surface area contributed by atoms with Crippen molar-refractivity contribution in [3.05, 3.63) is 0 Å². The fraction of sp³-hybridized carbons (Fsp3) is 0.938. The minimum Gasteiger partial charge on any atom is -0.444 e. The van der Waals surface area contributed by atoms with Crippen molar-refractivity contribution in [1.82, 2.24) is 4.90 Å². The number of hydrogen-bond acceptors (Lipinski definition) is 3. The summed E-state index contributed by atoms with van der Waals surface area (Å²) in [7, 11) is 0. The summed E-state index contributed by atoms with van der Waals surface area (Å²) in [4.78, 5) is 13.8. The Balaban J connectivity index is 2.37. The van der Waals surface area contributed by atoms with Gasteiger partial charge in [-0.25, -0.2) is 4.79 Å². The smallest absolute Gasteiger partial charge is 0.410 e. The molecule has 20 heavy (non-hydrogen) atoms. The van der Waals surface area contributed by atoms with E-state index < -0.39 is 11.2 Å². The zero-order chi connectivity index (χ0) is 15.4. The van der Waals surface area contributed by atoms with Crippen molar-refractivity contribution in [1.29, 1.82) is 0 Å². The van der Waals surface area contributed by atoms with Crippen LogP contribution in [0, 0.1) is 5.92 Å². The second kappa shape index (κ2) is 6.79. The van der Waals surface area contributed by atoms with Crippen molar-refractivity contribution in [3.63, 3.8) is 0 Å². The molecule has 1 aliphatic carbocycles. The average molecular weight is 285 g/mol. The maximum Gasteiger partial charge on any atom is 0.410 e. The molecule has 4 heteroatoms. The second-order valence-corrected chi connectivity index (χ2v) is 7.29. The predicted octanol–water partition coefficient (Wildman–Crippen LogP) is 3.57. The van der Waals surface area contributed by atoms with Gasteiger partial charge in [-0.05, 0) is 72.6 Å². The van der Waals surface area contributed by atoms with E-state index in [1.54, 1.807) is 4.90 Å². The number of aliphatic hydroxyl groups is 1. The summed E-state index contributed by atoms with van der Waals surface area (Å²) in [6.45, 7) is 11.0. The molecule has 4 nitrogen and oxygen atoms in total. The van der Waals surface area contributed by atoms with Gasteiger partial charge in [-0.3, -0.25) is 0 Å². The molecular weight excluding hydrogens is 254 g/mol. The van der Waals surface area contributed by atoms with Gasteiger partial charge < -0.3 is 14.7 Å². The zero-order valence-corrected chi connectivity index (χ0v) is 13.7. The third-order valence-electron chi connectivity index (χ3n) is 4.02. The maximum absolute atomic E-state index is 12.0. The van der Waals surface area contributed by atoms with E-state index in [1.165, 1.54) is 0 Å². The van der Waals surface area contributed by atoms with E-state index in [0.29, 0.717) is 12.5 Å². The zero-order valence-electron chi connectivity index (χ0n) is 13.7. The van der Waals surface area contributed by atoms with Crippen LogP contribution in [0.3, 0.4) is 0 Å². The van der Waals surface area contributed by atoms with Gasteiger partial charge in [-0.1, -0.05) is 0 Å². The van der Waals surface area contributed by atoms with E-state index in [-0.39, 0.29) is 6.09 Å². The van der Waals surface area contributed by atoms with Crippen LogP contribution in [0.4, 0.5) is 4.79 Å². The molecule has 0 saturated heterocycles. The lowest BCUT2D eigenvalue weighted by atomic mass is 9.78. The fourth-order valence-electron chi connectivity index (χ4n) is 2.63. The van der Waals surface area contributed by atoms with Crippen LogP contribution in [0.1, 0.15) is 66.7 Å². The molecule has 1 fully saturated rings. The van der Waals surface area contributed by atoms with Crippen LogP contribution in [0.25, 0.3) is 0 Å². The first-order valence-corrected chi connectivity index (χ1v) is 7.83. The molecule has 0 radical (unpaired) electrons. The van der Waals surface area contributed by atoms with Crippen molar-refractivity contribution in [2.24, 2.45) is 5.92 Å². The van der Waals surface area contributed by atoms with Crippen LogP contribution in [0.5, 0.6) is 0 Å². The van der Waals surface area contributed by atoms with Gasteiger partial charge in [0, 0.05) is 13.1 Å². The topological polar surface area (TPSA) is 49.8 Å². The molecule has 0 aromatic carbocycles. The number of rotatable bonds is 4. The van der Waals surface area contributed by atoms with Gasteiger partial charge in [-0.2, -0.15) is 0 Å². The van der Waals surface area contributed by atoms with Crippen LogP contribution in [-0.4, -0.2) is 40.4 Å². The quantitative estimate of drug-likeness (QED) is 0.859. The average Bonchev–Trinajstić information content (AvgIpc) is 2.29. The van der Waals surface area contributed by atoms with Crippen molar-refractivity contribution in [2.75, 3.05) is 13.1 Å². The number of hydrogen-bond donors (Lipinski definition) is 1. The van der Waals surface area contributed by atoms with Crippen molar-refractivity contribution in [3.8, 4) is 0 Å². The molecule has 1 aliphatic rings. The molecular formula is C16H31NO3. The van der Waals surface area contributed by atoms with Crippen molar-refractivity contribution >= 4 is 6.09 Å². The van der Waals surface area contributed by atoms with Crippen molar-refractivity contribution in [2.45, 2.75) is 77.9 Å². The van der Waals surface area contributed by atoms with Gasteiger partial charge in [0.15, 0.2) is 0 Å². The minimum atomic E-state index is -0.480. The fourth-order valence-corrected chi connectivity index (χ4v) is 2.63. The molecule has 0 atom stereocenters. The molecule has 0 unspecified atom stereocenters. The standard InChI is InChI=1S/C16H31NO3/c1-6-17(14(18)20-15(2,3)4)12-9-13-7-10-16(5,19)11-8-13/h13,19H,6-12H2,1-5H3. The van der Waals surface area contributed by atoms with Gasteiger partial charge in [-0.15, -0.1) is 0 Å². The van der Waals surface area contributed by atoms with E-state index in [0.717, 1.165) is 38.6 Å². The van der Waals surface area contributed by atoms with E-state index in [4.69, 9.17) is 4.74 Å².